The Morgan fingerprint density at radius 2 is 2.28 bits per heavy atom. The van der Waals surface area contributed by atoms with Gasteiger partial charge < -0.3 is 4.90 Å². The van der Waals surface area contributed by atoms with Crippen molar-refractivity contribution in [2.45, 2.75) is 32.7 Å². The molecule has 4 heteroatoms. The molecule has 2 atom stereocenters. The zero-order valence-electron chi connectivity index (χ0n) is 10.8. The second kappa shape index (κ2) is 5.18. The van der Waals surface area contributed by atoms with E-state index in [1.54, 1.807) is 12.1 Å². The maximum absolute atomic E-state index is 12.3. The molecule has 2 rings (SSSR count). The van der Waals surface area contributed by atoms with E-state index >= 15 is 0 Å². The molecule has 4 nitrogen and oxygen atoms in total. The Kier molecular flexibility index (Phi) is 3.61. The molecular formula is C14H17N3O. The second-order valence-corrected chi connectivity index (χ2v) is 5.02. The van der Waals surface area contributed by atoms with Gasteiger partial charge >= 0.3 is 0 Å². The van der Waals surface area contributed by atoms with E-state index in [2.05, 4.69) is 18.8 Å². The van der Waals surface area contributed by atoms with Gasteiger partial charge in [-0.2, -0.15) is 5.26 Å². The number of nitrogens with zero attached hydrogens (tertiary/aromatic N) is 3. The van der Waals surface area contributed by atoms with Crippen LogP contribution in [0.4, 0.5) is 0 Å². The quantitative estimate of drug-likeness (QED) is 0.760. The highest BCUT2D eigenvalue weighted by atomic mass is 16.2. The smallest absolute Gasteiger partial charge is 0.272 e. The van der Waals surface area contributed by atoms with Gasteiger partial charge in [-0.25, -0.2) is 4.98 Å². The third-order valence-electron chi connectivity index (χ3n) is 3.51. The molecule has 1 aliphatic rings. The van der Waals surface area contributed by atoms with Gasteiger partial charge in [0.05, 0.1) is 5.56 Å². The number of carbonyl (C=O) groups excluding carboxylic acids is 1. The molecule has 1 amide bonds. The fourth-order valence-corrected chi connectivity index (χ4v) is 2.44. The van der Waals surface area contributed by atoms with Crippen LogP contribution >= 0.6 is 0 Å². The zero-order chi connectivity index (χ0) is 13.1. The molecule has 0 radical (unpaired) electrons. The van der Waals surface area contributed by atoms with Gasteiger partial charge in [-0.1, -0.05) is 6.92 Å². The fraction of sp³-hybridized carbons (Fsp3) is 0.500. The van der Waals surface area contributed by atoms with Crippen LogP contribution in [0, 0.1) is 17.2 Å². The minimum atomic E-state index is -0.0288. The van der Waals surface area contributed by atoms with Crippen LogP contribution in [0.15, 0.2) is 18.3 Å². The lowest BCUT2D eigenvalue weighted by Crippen LogP contribution is -2.44. The molecule has 0 spiro atoms. The molecule has 0 saturated carbocycles. The summed E-state index contributed by atoms with van der Waals surface area (Å²) in [5, 5.41) is 8.70. The molecule has 0 N–H and O–H groups in total. The minimum absolute atomic E-state index is 0.0288. The number of likely N-dealkylation sites (tertiary alicyclic amines) is 1. The predicted octanol–water partition coefficient (Wildman–Crippen LogP) is 2.21. The number of carbonyl (C=O) groups is 1. The normalized spacial score (nSPS) is 23.5. The summed E-state index contributed by atoms with van der Waals surface area (Å²) in [5.41, 5.74) is 0.905. The van der Waals surface area contributed by atoms with Crippen molar-refractivity contribution in [2.24, 2.45) is 5.92 Å². The molecule has 18 heavy (non-hydrogen) atoms. The third kappa shape index (κ3) is 2.51. The Bertz CT molecular complexity index is 475. The molecular weight excluding hydrogens is 226 g/mol. The van der Waals surface area contributed by atoms with E-state index in [0.717, 1.165) is 19.4 Å². The fourth-order valence-electron chi connectivity index (χ4n) is 2.44. The van der Waals surface area contributed by atoms with E-state index in [1.165, 1.54) is 6.20 Å². The Morgan fingerprint density at radius 1 is 1.50 bits per heavy atom. The van der Waals surface area contributed by atoms with Crippen LogP contribution < -0.4 is 0 Å². The molecule has 2 heterocycles. The van der Waals surface area contributed by atoms with E-state index in [1.807, 2.05) is 11.0 Å². The van der Waals surface area contributed by atoms with Gasteiger partial charge in [0.1, 0.15) is 11.8 Å². The standard InChI is InChI=1S/C14H17N3O/c1-10-5-6-17(11(2)7-10)14(18)13-4-3-12(8-15)9-16-13/h3-4,9-11H,5-7H2,1-2H3. The molecule has 1 aromatic rings. The van der Waals surface area contributed by atoms with Crippen molar-refractivity contribution in [3.05, 3.63) is 29.6 Å². The molecule has 0 aromatic carbocycles. The molecule has 1 fully saturated rings. The van der Waals surface area contributed by atoms with Crippen molar-refractivity contribution < 1.29 is 4.79 Å². The lowest BCUT2D eigenvalue weighted by Gasteiger charge is -2.36. The number of pyridine rings is 1. The van der Waals surface area contributed by atoms with Crippen LogP contribution in [-0.2, 0) is 0 Å². The van der Waals surface area contributed by atoms with Crippen LogP contribution in [0.1, 0.15) is 42.7 Å². The monoisotopic (exact) mass is 243 g/mol. The summed E-state index contributed by atoms with van der Waals surface area (Å²) in [6, 6.07) is 5.53. The van der Waals surface area contributed by atoms with E-state index in [0.29, 0.717) is 17.2 Å². The number of piperidine rings is 1. The van der Waals surface area contributed by atoms with E-state index in [-0.39, 0.29) is 11.9 Å². The van der Waals surface area contributed by atoms with Crippen molar-refractivity contribution in [1.29, 1.82) is 5.26 Å². The van der Waals surface area contributed by atoms with Gasteiger partial charge in [-0.15, -0.1) is 0 Å². The summed E-state index contributed by atoms with van der Waals surface area (Å²) < 4.78 is 0. The summed E-state index contributed by atoms with van der Waals surface area (Å²) >= 11 is 0. The minimum Gasteiger partial charge on any atom is -0.335 e. The first kappa shape index (κ1) is 12.6. The Hall–Kier alpha value is -1.89. The molecule has 0 aliphatic carbocycles. The zero-order valence-corrected chi connectivity index (χ0v) is 10.8. The van der Waals surface area contributed by atoms with E-state index in [4.69, 9.17) is 5.26 Å². The first-order valence-electron chi connectivity index (χ1n) is 6.29. The number of hydrogen-bond donors (Lipinski definition) is 0. The van der Waals surface area contributed by atoms with Gasteiger partial charge in [-0.3, -0.25) is 4.79 Å². The molecule has 0 bridgehead atoms. The topological polar surface area (TPSA) is 57.0 Å². The van der Waals surface area contributed by atoms with Crippen molar-refractivity contribution >= 4 is 5.91 Å². The summed E-state index contributed by atoms with van der Waals surface area (Å²) in [6.45, 7) is 5.10. The summed E-state index contributed by atoms with van der Waals surface area (Å²) in [5.74, 6) is 0.650. The van der Waals surface area contributed by atoms with Crippen molar-refractivity contribution in [3.8, 4) is 6.07 Å². The maximum atomic E-state index is 12.3. The van der Waals surface area contributed by atoms with Gasteiger partial charge in [-0.05, 0) is 37.8 Å². The van der Waals surface area contributed by atoms with E-state index < -0.39 is 0 Å². The number of hydrogen-bond acceptors (Lipinski definition) is 3. The molecule has 94 valence electrons. The van der Waals surface area contributed by atoms with Gasteiger partial charge in [0, 0.05) is 18.8 Å². The van der Waals surface area contributed by atoms with Gasteiger partial charge in [0.25, 0.3) is 5.91 Å². The van der Waals surface area contributed by atoms with E-state index in [9.17, 15) is 4.79 Å². The largest absolute Gasteiger partial charge is 0.335 e. The number of aromatic nitrogens is 1. The maximum Gasteiger partial charge on any atom is 0.272 e. The number of nitriles is 1. The third-order valence-corrected chi connectivity index (χ3v) is 3.51. The van der Waals surface area contributed by atoms with Crippen molar-refractivity contribution in [1.82, 2.24) is 9.88 Å². The Labute approximate surface area is 107 Å². The van der Waals surface area contributed by atoms with Crippen LogP contribution in [-0.4, -0.2) is 28.4 Å². The first-order valence-corrected chi connectivity index (χ1v) is 6.29. The molecule has 1 aliphatic heterocycles. The number of rotatable bonds is 1. The predicted molar refractivity (Wildman–Crippen MR) is 67.8 cm³/mol. The summed E-state index contributed by atoms with van der Waals surface area (Å²) in [6.07, 6.45) is 3.54. The SMILES string of the molecule is CC1CCN(C(=O)c2ccc(C#N)cn2)C(C)C1. The summed E-state index contributed by atoms with van der Waals surface area (Å²) in [7, 11) is 0. The highest BCUT2D eigenvalue weighted by molar-refractivity contribution is 5.92. The Balaban J connectivity index is 2.13. The summed E-state index contributed by atoms with van der Waals surface area (Å²) in [4.78, 5) is 18.2. The van der Waals surface area contributed by atoms with Crippen LogP contribution in [0.3, 0.4) is 0 Å². The van der Waals surface area contributed by atoms with Crippen LogP contribution in [0.25, 0.3) is 0 Å². The van der Waals surface area contributed by atoms with Crippen molar-refractivity contribution in [3.63, 3.8) is 0 Å². The van der Waals surface area contributed by atoms with Crippen molar-refractivity contribution in [2.75, 3.05) is 6.54 Å². The molecule has 2 unspecified atom stereocenters. The van der Waals surface area contributed by atoms with Crippen LogP contribution in [0.2, 0.25) is 0 Å². The Morgan fingerprint density at radius 3 is 2.83 bits per heavy atom. The van der Waals surface area contributed by atoms with Gasteiger partial charge in [0.15, 0.2) is 0 Å². The molecule has 1 saturated heterocycles. The second-order valence-electron chi connectivity index (χ2n) is 5.02. The van der Waals surface area contributed by atoms with Gasteiger partial charge in [0.2, 0.25) is 0 Å². The number of amides is 1. The average molecular weight is 243 g/mol. The molecule has 1 aromatic heterocycles. The first-order chi connectivity index (χ1) is 8.61. The lowest BCUT2D eigenvalue weighted by atomic mass is 9.93. The van der Waals surface area contributed by atoms with Crippen LogP contribution in [0.5, 0.6) is 0 Å². The lowest BCUT2D eigenvalue weighted by molar-refractivity contribution is 0.0582. The highest BCUT2D eigenvalue weighted by Gasteiger charge is 2.27. The highest BCUT2D eigenvalue weighted by Crippen LogP contribution is 2.23. The average Bonchev–Trinajstić information content (AvgIpc) is 2.38.